The summed E-state index contributed by atoms with van der Waals surface area (Å²) in [5, 5.41) is 12.0. The molecular formula is C11H17N3O3S. The number of aromatic nitrogens is 2. The summed E-state index contributed by atoms with van der Waals surface area (Å²) in [4.78, 5) is 26.2. The highest BCUT2D eigenvalue weighted by atomic mass is 32.2. The van der Waals surface area contributed by atoms with Gasteiger partial charge in [0.15, 0.2) is 5.16 Å². The van der Waals surface area contributed by atoms with Gasteiger partial charge in [-0.05, 0) is 13.3 Å². The number of amides is 1. The molecule has 0 unspecified atom stereocenters. The van der Waals surface area contributed by atoms with E-state index in [-0.39, 0.29) is 18.2 Å². The van der Waals surface area contributed by atoms with E-state index in [0.29, 0.717) is 11.7 Å². The van der Waals surface area contributed by atoms with E-state index >= 15 is 0 Å². The molecule has 18 heavy (non-hydrogen) atoms. The molecule has 1 aromatic heterocycles. The normalized spacial score (nSPS) is 10.3. The van der Waals surface area contributed by atoms with Crippen molar-refractivity contribution in [1.29, 1.82) is 0 Å². The van der Waals surface area contributed by atoms with Crippen LogP contribution in [0.3, 0.4) is 0 Å². The number of hydrogen-bond acceptors (Lipinski definition) is 4. The van der Waals surface area contributed by atoms with E-state index in [1.54, 1.807) is 10.8 Å². The summed E-state index contributed by atoms with van der Waals surface area (Å²) in [6.07, 6.45) is 2.52. The van der Waals surface area contributed by atoms with Crippen molar-refractivity contribution in [3.63, 3.8) is 0 Å². The number of rotatable bonds is 7. The third kappa shape index (κ3) is 4.40. The lowest BCUT2D eigenvalue weighted by atomic mass is 10.4. The van der Waals surface area contributed by atoms with Gasteiger partial charge in [0.05, 0.1) is 5.75 Å². The van der Waals surface area contributed by atoms with Crippen molar-refractivity contribution in [2.45, 2.75) is 32.0 Å². The summed E-state index contributed by atoms with van der Waals surface area (Å²) >= 11 is 1.11. The number of aryl methyl sites for hydroxylation is 1. The lowest BCUT2D eigenvalue weighted by Gasteiger charge is -2.09. The number of carboxylic acid groups (broad SMARTS) is 1. The van der Waals surface area contributed by atoms with Crippen LogP contribution in [0.15, 0.2) is 11.4 Å². The topological polar surface area (TPSA) is 84.2 Å². The summed E-state index contributed by atoms with van der Waals surface area (Å²) < 4.78 is 1.72. The van der Waals surface area contributed by atoms with E-state index in [1.165, 1.54) is 0 Å². The molecule has 0 aromatic carbocycles. The Hall–Kier alpha value is -1.50. The molecule has 0 spiro atoms. The predicted molar refractivity (Wildman–Crippen MR) is 68.6 cm³/mol. The van der Waals surface area contributed by atoms with E-state index in [0.717, 1.165) is 23.9 Å². The first-order valence-electron chi connectivity index (χ1n) is 5.68. The van der Waals surface area contributed by atoms with Crippen LogP contribution in [0.2, 0.25) is 0 Å². The molecule has 1 aromatic rings. The number of carbonyl (C=O) groups excluding carboxylic acids is 1. The molecular weight excluding hydrogens is 254 g/mol. The fourth-order valence-electron chi connectivity index (χ4n) is 1.34. The molecule has 1 rings (SSSR count). The highest BCUT2D eigenvalue weighted by Gasteiger charge is 2.12. The van der Waals surface area contributed by atoms with Gasteiger partial charge < -0.3 is 15.0 Å². The zero-order valence-corrected chi connectivity index (χ0v) is 11.3. The van der Waals surface area contributed by atoms with Crippen molar-refractivity contribution < 1.29 is 14.7 Å². The molecule has 0 aliphatic carbocycles. The Bertz CT molecular complexity index is 431. The quantitative estimate of drug-likeness (QED) is 0.720. The average Bonchev–Trinajstić information content (AvgIpc) is 2.66. The molecule has 7 heteroatoms. The Kier molecular flexibility index (Phi) is 5.70. The number of hydrogen-bond donors (Lipinski definition) is 2. The third-order valence-corrected chi connectivity index (χ3v) is 3.19. The van der Waals surface area contributed by atoms with E-state index in [1.807, 2.05) is 13.8 Å². The summed E-state index contributed by atoms with van der Waals surface area (Å²) in [5.74, 6) is -1.05. The summed E-state index contributed by atoms with van der Waals surface area (Å²) in [7, 11) is 0. The maximum absolute atomic E-state index is 11.6. The van der Waals surface area contributed by atoms with Crippen molar-refractivity contribution in [2.24, 2.45) is 0 Å². The van der Waals surface area contributed by atoms with Gasteiger partial charge in [-0.3, -0.25) is 9.59 Å². The van der Waals surface area contributed by atoms with Crippen LogP contribution in [0, 0.1) is 6.92 Å². The second-order valence-corrected chi connectivity index (χ2v) is 4.74. The van der Waals surface area contributed by atoms with Gasteiger partial charge in [-0.1, -0.05) is 18.7 Å². The number of aliphatic carboxylic acids is 1. The van der Waals surface area contributed by atoms with Crippen molar-refractivity contribution in [1.82, 2.24) is 14.9 Å². The monoisotopic (exact) mass is 271 g/mol. The van der Waals surface area contributed by atoms with Gasteiger partial charge in [0.1, 0.15) is 6.54 Å². The minimum atomic E-state index is -0.900. The first kappa shape index (κ1) is 14.6. The third-order valence-electron chi connectivity index (χ3n) is 2.22. The van der Waals surface area contributed by atoms with Crippen molar-refractivity contribution in [2.75, 3.05) is 12.3 Å². The molecule has 0 bridgehead atoms. The van der Waals surface area contributed by atoms with Crippen molar-refractivity contribution in [3.8, 4) is 0 Å². The fourth-order valence-corrected chi connectivity index (χ4v) is 2.08. The summed E-state index contributed by atoms with van der Waals surface area (Å²) in [6, 6.07) is 0. The predicted octanol–water partition coefficient (Wildman–Crippen LogP) is 0.894. The van der Waals surface area contributed by atoms with Crippen LogP contribution in [0.5, 0.6) is 0 Å². The van der Waals surface area contributed by atoms with E-state index in [2.05, 4.69) is 10.3 Å². The van der Waals surface area contributed by atoms with Gasteiger partial charge in [0.25, 0.3) is 0 Å². The molecule has 0 aliphatic rings. The second-order valence-electron chi connectivity index (χ2n) is 3.80. The summed E-state index contributed by atoms with van der Waals surface area (Å²) in [5.41, 5.74) is 0.842. The Labute approximate surface area is 110 Å². The van der Waals surface area contributed by atoms with Gasteiger partial charge >= 0.3 is 5.97 Å². The van der Waals surface area contributed by atoms with E-state index in [9.17, 15) is 9.59 Å². The second kappa shape index (κ2) is 7.05. The van der Waals surface area contributed by atoms with Gasteiger partial charge in [0, 0.05) is 18.4 Å². The number of nitrogens with one attached hydrogen (secondary N) is 1. The largest absolute Gasteiger partial charge is 0.481 e. The first-order chi connectivity index (χ1) is 8.54. The lowest BCUT2D eigenvalue weighted by Crippen LogP contribution is -2.28. The fraction of sp³-hybridized carbons (Fsp3) is 0.545. The lowest BCUT2D eigenvalue weighted by molar-refractivity contribution is -0.133. The molecule has 0 radical (unpaired) electrons. The minimum Gasteiger partial charge on any atom is -0.481 e. The first-order valence-corrected chi connectivity index (χ1v) is 6.66. The zero-order chi connectivity index (χ0) is 13.5. The van der Waals surface area contributed by atoms with Crippen LogP contribution >= 0.6 is 11.8 Å². The molecule has 0 fully saturated rings. The highest BCUT2D eigenvalue weighted by Crippen LogP contribution is 2.17. The Balaban J connectivity index is 2.65. The standard InChI is InChI=1S/C11H17N3O3S/c1-3-4-12-9(15)6-14-8(2)5-13-11(14)18-7-10(16)17/h5H,3-4,6-7H2,1-2H3,(H,12,15)(H,16,17). The van der Waals surface area contributed by atoms with Crippen LogP contribution in [0.4, 0.5) is 0 Å². The molecule has 1 amide bonds. The van der Waals surface area contributed by atoms with Crippen molar-refractivity contribution >= 4 is 23.6 Å². The van der Waals surface area contributed by atoms with E-state index in [4.69, 9.17) is 5.11 Å². The van der Waals surface area contributed by atoms with Crippen LogP contribution in [-0.2, 0) is 16.1 Å². The molecule has 0 saturated heterocycles. The Morgan fingerprint density at radius 1 is 1.56 bits per heavy atom. The van der Waals surface area contributed by atoms with Crippen molar-refractivity contribution in [3.05, 3.63) is 11.9 Å². The van der Waals surface area contributed by atoms with Crippen LogP contribution in [0.25, 0.3) is 0 Å². The van der Waals surface area contributed by atoms with Gasteiger partial charge in [-0.2, -0.15) is 0 Å². The number of thioether (sulfide) groups is 1. The number of imidazole rings is 1. The Morgan fingerprint density at radius 3 is 2.89 bits per heavy atom. The van der Waals surface area contributed by atoms with Gasteiger partial charge in [0.2, 0.25) is 5.91 Å². The molecule has 100 valence electrons. The molecule has 1 heterocycles. The Morgan fingerprint density at radius 2 is 2.28 bits per heavy atom. The van der Waals surface area contributed by atoms with E-state index < -0.39 is 5.97 Å². The van der Waals surface area contributed by atoms with Gasteiger partial charge in [-0.25, -0.2) is 4.98 Å². The number of carbonyl (C=O) groups is 2. The minimum absolute atomic E-state index is 0.0625. The van der Waals surface area contributed by atoms with Crippen LogP contribution < -0.4 is 5.32 Å². The maximum Gasteiger partial charge on any atom is 0.313 e. The molecule has 0 atom stereocenters. The number of nitrogens with zero attached hydrogens (tertiary/aromatic N) is 2. The maximum atomic E-state index is 11.6. The number of carboxylic acids is 1. The average molecular weight is 271 g/mol. The smallest absolute Gasteiger partial charge is 0.313 e. The highest BCUT2D eigenvalue weighted by molar-refractivity contribution is 7.99. The van der Waals surface area contributed by atoms with Gasteiger partial charge in [-0.15, -0.1) is 0 Å². The molecule has 0 saturated carbocycles. The zero-order valence-electron chi connectivity index (χ0n) is 10.5. The molecule has 0 aliphatic heterocycles. The van der Waals surface area contributed by atoms with Crippen LogP contribution in [0.1, 0.15) is 19.0 Å². The van der Waals surface area contributed by atoms with Crippen LogP contribution in [-0.4, -0.2) is 38.8 Å². The SMILES string of the molecule is CCCNC(=O)Cn1c(C)cnc1SCC(=O)O. The summed E-state index contributed by atoms with van der Waals surface area (Å²) in [6.45, 7) is 4.64. The molecule has 6 nitrogen and oxygen atoms in total. The molecule has 2 N–H and O–H groups in total.